The van der Waals surface area contributed by atoms with Crippen molar-refractivity contribution in [1.82, 2.24) is 9.88 Å². The third-order valence-electron chi connectivity index (χ3n) is 4.50. The Bertz CT molecular complexity index is 1060. The van der Waals surface area contributed by atoms with E-state index in [0.717, 1.165) is 11.1 Å². The zero-order valence-corrected chi connectivity index (χ0v) is 16.2. The maximum absolute atomic E-state index is 12.6. The Kier molecular flexibility index (Phi) is 6.58. The van der Waals surface area contributed by atoms with E-state index in [1.54, 1.807) is 42.6 Å². The Hall–Kier alpha value is -3.67. The predicted octanol–water partition coefficient (Wildman–Crippen LogP) is 3.12. The standard InChI is InChI=1S/C23H23N3O3/c1-17-9-11-18(12-10-17)16-24-23(29)19-6-2-3-7-20(19)25-21(27)13-15-26-14-5-4-8-22(26)28/h2-12,14H,13,15-16H2,1H3,(H,24,29)(H,25,27). The summed E-state index contributed by atoms with van der Waals surface area (Å²) in [7, 11) is 0. The van der Waals surface area contributed by atoms with E-state index >= 15 is 0 Å². The summed E-state index contributed by atoms with van der Waals surface area (Å²) in [6.45, 7) is 2.68. The molecule has 1 heterocycles. The largest absolute Gasteiger partial charge is 0.348 e. The van der Waals surface area contributed by atoms with Gasteiger partial charge in [-0.2, -0.15) is 0 Å². The lowest BCUT2D eigenvalue weighted by molar-refractivity contribution is -0.116. The first-order valence-electron chi connectivity index (χ1n) is 9.41. The number of benzene rings is 2. The molecular formula is C23H23N3O3. The van der Waals surface area contributed by atoms with Crippen LogP contribution in [0.2, 0.25) is 0 Å². The zero-order valence-electron chi connectivity index (χ0n) is 16.2. The molecule has 0 unspecified atom stereocenters. The van der Waals surface area contributed by atoms with Crippen LogP contribution >= 0.6 is 0 Å². The Balaban J connectivity index is 1.61. The van der Waals surface area contributed by atoms with Crippen LogP contribution in [-0.2, 0) is 17.9 Å². The van der Waals surface area contributed by atoms with Crippen LogP contribution in [0.3, 0.4) is 0 Å². The van der Waals surface area contributed by atoms with Gasteiger partial charge in [-0.15, -0.1) is 0 Å². The van der Waals surface area contributed by atoms with Crippen molar-refractivity contribution in [1.29, 1.82) is 0 Å². The van der Waals surface area contributed by atoms with Gasteiger partial charge in [0.2, 0.25) is 5.91 Å². The van der Waals surface area contributed by atoms with Gasteiger partial charge in [-0.1, -0.05) is 48.0 Å². The van der Waals surface area contributed by atoms with Crippen molar-refractivity contribution in [3.05, 3.63) is 100.0 Å². The Morgan fingerprint density at radius 3 is 2.41 bits per heavy atom. The first-order valence-corrected chi connectivity index (χ1v) is 9.41. The average Bonchev–Trinajstić information content (AvgIpc) is 2.73. The number of aryl methyl sites for hydroxylation is 2. The van der Waals surface area contributed by atoms with Gasteiger partial charge in [0.05, 0.1) is 11.3 Å². The Morgan fingerprint density at radius 2 is 1.66 bits per heavy atom. The second kappa shape index (κ2) is 9.50. The van der Waals surface area contributed by atoms with Crippen molar-refractivity contribution in [3.8, 4) is 0 Å². The predicted molar refractivity (Wildman–Crippen MR) is 113 cm³/mol. The SMILES string of the molecule is Cc1ccc(CNC(=O)c2ccccc2NC(=O)CCn2ccccc2=O)cc1. The molecule has 0 aliphatic rings. The highest BCUT2D eigenvalue weighted by molar-refractivity contribution is 6.03. The molecule has 6 nitrogen and oxygen atoms in total. The van der Waals surface area contributed by atoms with Gasteiger partial charge in [0.25, 0.3) is 11.5 Å². The quantitative estimate of drug-likeness (QED) is 0.652. The number of para-hydroxylation sites is 1. The molecule has 0 bridgehead atoms. The van der Waals surface area contributed by atoms with Crippen molar-refractivity contribution in [3.63, 3.8) is 0 Å². The maximum Gasteiger partial charge on any atom is 0.253 e. The zero-order chi connectivity index (χ0) is 20.6. The summed E-state index contributed by atoms with van der Waals surface area (Å²) in [6, 6.07) is 19.6. The smallest absolute Gasteiger partial charge is 0.253 e. The molecule has 0 fully saturated rings. The number of anilines is 1. The third kappa shape index (κ3) is 5.65. The molecule has 148 valence electrons. The van der Waals surface area contributed by atoms with E-state index < -0.39 is 0 Å². The molecule has 2 amide bonds. The van der Waals surface area contributed by atoms with Crippen LogP contribution < -0.4 is 16.2 Å². The van der Waals surface area contributed by atoms with Crippen molar-refractivity contribution in [2.24, 2.45) is 0 Å². The Morgan fingerprint density at radius 1 is 0.931 bits per heavy atom. The van der Waals surface area contributed by atoms with Crippen molar-refractivity contribution >= 4 is 17.5 Å². The average molecular weight is 389 g/mol. The van der Waals surface area contributed by atoms with Crippen molar-refractivity contribution in [2.75, 3.05) is 5.32 Å². The molecule has 2 N–H and O–H groups in total. The first kappa shape index (κ1) is 20.1. The lowest BCUT2D eigenvalue weighted by Gasteiger charge is -2.12. The minimum Gasteiger partial charge on any atom is -0.348 e. The van der Waals surface area contributed by atoms with Crippen LogP contribution in [0.1, 0.15) is 27.9 Å². The molecule has 0 radical (unpaired) electrons. The topological polar surface area (TPSA) is 80.2 Å². The summed E-state index contributed by atoms with van der Waals surface area (Å²) in [5.74, 6) is -0.528. The van der Waals surface area contributed by atoms with E-state index in [-0.39, 0.29) is 30.3 Å². The summed E-state index contributed by atoms with van der Waals surface area (Å²) in [5.41, 5.74) is 2.84. The number of rotatable bonds is 7. The van der Waals surface area contributed by atoms with Gasteiger partial charge in [0, 0.05) is 31.8 Å². The van der Waals surface area contributed by atoms with Crippen LogP contribution in [0.15, 0.2) is 77.7 Å². The number of carbonyl (C=O) groups is 2. The van der Waals surface area contributed by atoms with E-state index in [2.05, 4.69) is 10.6 Å². The van der Waals surface area contributed by atoms with Gasteiger partial charge in [-0.3, -0.25) is 14.4 Å². The number of carbonyl (C=O) groups excluding carboxylic acids is 2. The van der Waals surface area contributed by atoms with Gasteiger partial charge in [0.1, 0.15) is 0 Å². The fraction of sp³-hybridized carbons (Fsp3) is 0.174. The van der Waals surface area contributed by atoms with Gasteiger partial charge >= 0.3 is 0 Å². The highest BCUT2D eigenvalue weighted by Crippen LogP contribution is 2.16. The normalized spacial score (nSPS) is 10.4. The number of aromatic nitrogens is 1. The van der Waals surface area contributed by atoms with E-state index in [1.165, 1.54) is 10.6 Å². The molecule has 0 saturated carbocycles. The van der Waals surface area contributed by atoms with Gasteiger partial charge in [0.15, 0.2) is 0 Å². The molecule has 3 aromatic rings. The second-order valence-corrected chi connectivity index (χ2v) is 6.74. The maximum atomic E-state index is 12.6. The number of hydrogen-bond donors (Lipinski definition) is 2. The van der Waals surface area contributed by atoms with Gasteiger partial charge < -0.3 is 15.2 Å². The molecule has 3 rings (SSSR count). The molecule has 0 aliphatic carbocycles. The molecule has 29 heavy (non-hydrogen) atoms. The van der Waals surface area contributed by atoms with Gasteiger partial charge in [-0.05, 0) is 30.7 Å². The van der Waals surface area contributed by atoms with Gasteiger partial charge in [-0.25, -0.2) is 0 Å². The number of pyridine rings is 1. The molecular weight excluding hydrogens is 366 g/mol. The van der Waals surface area contributed by atoms with Crippen LogP contribution in [0.4, 0.5) is 5.69 Å². The third-order valence-corrected chi connectivity index (χ3v) is 4.50. The number of amides is 2. The molecule has 0 aliphatic heterocycles. The molecule has 1 aromatic heterocycles. The van der Waals surface area contributed by atoms with E-state index in [4.69, 9.17) is 0 Å². The molecule has 0 spiro atoms. The summed E-state index contributed by atoms with van der Waals surface area (Å²) in [5, 5.41) is 5.65. The second-order valence-electron chi connectivity index (χ2n) is 6.74. The highest BCUT2D eigenvalue weighted by atomic mass is 16.2. The van der Waals surface area contributed by atoms with Crippen LogP contribution in [0, 0.1) is 6.92 Å². The van der Waals surface area contributed by atoms with E-state index in [9.17, 15) is 14.4 Å². The van der Waals surface area contributed by atoms with E-state index in [0.29, 0.717) is 17.8 Å². The summed E-state index contributed by atoms with van der Waals surface area (Å²) < 4.78 is 1.47. The fourth-order valence-electron chi connectivity index (χ4n) is 2.85. The lowest BCUT2D eigenvalue weighted by Crippen LogP contribution is -2.25. The van der Waals surface area contributed by atoms with Crippen molar-refractivity contribution < 1.29 is 9.59 Å². The van der Waals surface area contributed by atoms with Crippen molar-refractivity contribution in [2.45, 2.75) is 26.4 Å². The van der Waals surface area contributed by atoms with Crippen LogP contribution in [0.25, 0.3) is 0 Å². The summed E-state index contributed by atoms with van der Waals surface area (Å²) in [4.78, 5) is 36.6. The monoisotopic (exact) mass is 389 g/mol. The van der Waals surface area contributed by atoms with Crippen LogP contribution in [0.5, 0.6) is 0 Å². The number of hydrogen-bond acceptors (Lipinski definition) is 3. The van der Waals surface area contributed by atoms with Crippen LogP contribution in [-0.4, -0.2) is 16.4 Å². The molecule has 0 saturated heterocycles. The molecule has 6 heteroatoms. The summed E-state index contributed by atoms with van der Waals surface area (Å²) in [6.07, 6.45) is 1.77. The molecule has 2 aromatic carbocycles. The summed E-state index contributed by atoms with van der Waals surface area (Å²) >= 11 is 0. The minimum atomic E-state index is -0.264. The fourth-order valence-corrected chi connectivity index (χ4v) is 2.85. The number of nitrogens with one attached hydrogen (secondary N) is 2. The highest BCUT2D eigenvalue weighted by Gasteiger charge is 2.13. The lowest BCUT2D eigenvalue weighted by atomic mass is 10.1. The number of nitrogens with zero attached hydrogens (tertiary/aromatic N) is 1. The Labute approximate surface area is 169 Å². The molecule has 0 atom stereocenters. The first-order chi connectivity index (χ1) is 14.0. The minimum absolute atomic E-state index is 0.128. The van der Waals surface area contributed by atoms with E-state index in [1.807, 2.05) is 31.2 Å².